The van der Waals surface area contributed by atoms with Crippen molar-refractivity contribution in [2.24, 2.45) is 0 Å². The number of aromatic nitrogens is 2. The Kier molecular flexibility index (Phi) is 5.48. The summed E-state index contributed by atoms with van der Waals surface area (Å²) in [6.45, 7) is 6.20. The van der Waals surface area contributed by atoms with Crippen molar-refractivity contribution in [1.82, 2.24) is 9.55 Å². The number of halogens is 1. The number of hydrogen-bond acceptors (Lipinski definition) is 3. The van der Waals surface area contributed by atoms with Crippen LogP contribution in [0, 0.1) is 13.8 Å². The molecule has 0 unspecified atom stereocenters. The van der Waals surface area contributed by atoms with E-state index in [9.17, 15) is 4.79 Å². The molecule has 1 aromatic heterocycles. The minimum Gasteiger partial charge on any atom is -0.268 e. The van der Waals surface area contributed by atoms with E-state index in [-0.39, 0.29) is 10.8 Å². The number of para-hydroxylation sites is 1. The first-order valence-electron chi connectivity index (χ1n) is 9.46. The number of fused-ring (bicyclic) bond motifs is 1. The average molecular weight is 421 g/mol. The summed E-state index contributed by atoms with van der Waals surface area (Å²) in [5, 5.41) is 2.02. The van der Waals surface area contributed by atoms with Gasteiger partial charge in [-0.1, -0.05) is 59.8 Å². The second-order valence-electron chi connectivity index (χ2n) is 7.10. The van der Waals surface area contributed by atoms with Crippen LogP contribution >= 0.6 is 23.4 Å². The highest BCUT2D eigenvalue weighted by atomic mass is 35.5. The summed E-state index contributed by atoms with van der Waals surface area (Å²) >= 11 is 7.94. The topological polar surface area (TPSA) is 34.9 Å². The van der Waals surface area contributed by atoms with Crippen LogP contribution in [0.4, 0.5) is 0 Å². The minimum absolute atomic E-state index is 0.0366. The summed E-state index contributed by atoms with van der Waals surface area (Å²) < 4.78 is 1.72. The lowest BCUT2D eigenvalue weighted by Crippen LogP contribution is -2.22. The lowest BCUT2D eigenvalue weighted by atomic mass is 10.1. The summed E-state index contributed by atoms with van der Waals surface area (Å²) in [5.74, 6) is 0. The van der Waals surface area contributed by atoms with E-state index in [1.165, 1.54) is 17.3 Å². The summed E-state index contributed by atoms with van der Waals surface area (Å²) in [7, 11) is 0. The van der Waals surface area contributed by atoms with E-state index in [0.29, 0.717) is 21.1 Å². The first-order chi connectivity index (χ1) is 14.0. The van der Waals surface area contributed by atoms with Gasteiger partial charge in [0.15, 0.2) is 5.16 Å². The van der Waals surface area contributed by atoms with Gasteiger partial charge in [-0.25, -0.2) is 4.98 Å². The Balaban J connectivity index is 1.91. The van der Waals surface area contributed by atoms with Gasteiger partial charge in [-0.3, -0.25) is 9.36 Å². The molecule has 0 amide bonds. The second-order valence-corrected chi connectivity index (χ2v) is 8.82. The van der Waals surface area contributed by atoms with E-state index >= 15 is 0 Å². The predicted octanol–water partition coefficient (Wildman–Crippen LogP) is 6.51. The maximum absolute atomic E-state index is 13.4. The standard InChI is InChI=1S/C24H21ClN2OS/c1-15-12-13-18(14-16(15)2)27-23(28)20-9-5-7-11-22(20)26-24(27)29-17(3)19-8-4-6-10-21(19)25/h4-14,17H,1-3H3/t17-/m1/s1. The molecule has 0 saturated heterocycles. The van der Waals surface area contributed by atoms with Gasteiger partial charge < -0.3 is 0 Å². The zero-order valence-electron chi connectivity index (χ0n) is 16.5. The number of rotatable bonds is 4. The minimum atomic E-state index is -0.0623. The lowest BCUT2D eigenvalue weighted by molar-refractivity contribution is 0.814. The predicted molar refractivity (Wildman–Crippen MR) is 123 cm³/mol. The highest BCUT2D eigenvalue weighted by Gasteiger charge is 2.18. The van der Waals surface area contributed by atoms with Gasteiger partial charge in [-0.05, 0) is 67.8 Å². The molecule has 146 valence electrons. The Labute approximate surface area is 179 Å². The van der Waals surface area contributed by atoms with Crippen molar-refractivity contribution in [1.29, 1.82) is 0 Å². The monoisotopic (exact) mass is 420 g/mol. The molecule has 0 saturated carbocycles. The zero-order valence-corrected chi connectivity index (χ0v) is 18.1. The normalized spacial score (nSPS) is 12.3. The highest BCUT2D eigenvalue weighted by Crippen LogP contribution is 2.37. The van der Waals surface area contributed by atoms with Crippen LogP contribution < -0.4 is 5.56 Å². The number of aryl methyl sites for hydroxylation is 2. The molecule has 29 heavy (non-hydrogen) atoms. The van der Waals surface area contributed by atoms with E-state index in [0.717, 1.165) is 16.8 Å². The SMILES string of the molecule is Cc1ccc(-n2c(S[C@H](C)c3ccccc3Cl)nc3ccccc3c2=O)cc1C. The summed E-state index contributed by atoms with van der Waals surface area (Å²) in [5.41, 5.74) is 4.81. The third-order valence-electron chi connectivity index (χ3n) is 5.12. The number of hydrogen-bond donors (Lipinski definition) is 0. The third kappa shape index (κ3) is 3.83. The fourth-order valence-corrected chi connectivity index (χ4v) is 4.77. The van der Waals surface area contributed by atoms with Gasteiger partial charge in [0.1, 0.15) is 0 Å². The van der Waals surface area contributed by atoms with Crippen molar-refractivity contribution in [2.45, 2.75) is 31.2 Å². The van der Waals surface area contributed by atoms with Gasteiger partial charge in [-0.2, -0.15) is 0 Å². The smallest absolute Gasteiger partial charge is 0.266 e. The van der Waals surface area contributed by atoms with Gasteiger partial charge in [0.25, 0.3) is 5.56 Å². The van der Waals surface area contributed by atoms with Crippen molar-refractivity contribution in [3.63, 3.8) is 0 Å². The van der Waals surface area contributed by atoms with Crippen LogP contribution in [0.15, 0.2) is 76.7 Å². The Bertz CT molecular complexity index is 1270. The molecular formula is C24H21ClN2OS. The van der Waals surface area contributed by atoms with Crippen molar-refractivity contribution in [3.05, 3.63) is 98.8 Å². The van der Waals surface area contributed by atoms with Gasteiger partial charge in [0.05, 0.1) is 16.6 Å². The van der Waals surface area contributed by atoms with Crippen molar-refractivity contribution in [2.75, 3.05) is 0 Å². The fraction of sp³-hybridized carbons (Fsp3) is 0.167. The van der Waals surface area contributed by atoms with Gasteiger partial charge in [0, 0.05) is 10.3 Å². The van der Waals surface area contributed by atoms with Gasteiger partial charge in [-0.15, -0.1) is 0 Å². The number of thioether (sulfide) groups is 1. The zero-order chi connectivity index (χ0) is 20.5. The molecular weight excluding hydrogens is 400 g/mol. The first-order valence-corrected chi connectivity index (χ1v) is 10.7. The average Bonchev–Trinajstić information content (AvgIpc) is 2.71. The molecule has 0 spiro atoms. The van der Waals surface area contributed by atoms with E-state index in [1.807, 2.05) is 66.7 Å². The van der Waals surface area contributed by atoms with Crippen molar-refractivity contribution >= 4 is 34.3 Å². The summed E-state index contributed by atoms with van der Waals surface area (Å²) in [6.07, 6.45) is 0. The highest BCUT2D eigenvalue weighted by molar-refractivity contribution is 7.99. The third-order valence-corrected chi connectivity index (χ3v) is 6.56. The second kappa shape index (κ2) is 8.05. The van der Waals surface area contributed by atoms with Crippen LogP contribution in [0.25, 0.3) is 16.6 Å². The molecule has 0 aliphatic heterocycles. The van der Waals surface area contributed by atoms with E-state index < -0.39 is 0 Å². The van der Waals surface area contributed by atoms with E-state index in [2.05, 4.69) is 20.8 Å². The number of nitrogens with zero attached hydrogens (tertiary/aromatic N) is 2. The molecule has 0 fully saturated rings. The quantitative estimate of drug-likeness (QED) is 0.279. The molecule has 5 heteroatoms. The molecule has 0 aliphatic rings. The van der Waals surface area contributed by atoms with Gasteiger partial charge in [0.2, 0.25) is 0 Å². The molecule has 1 atom stereocenters. The molecule has 0 N–H and O–H groups in total. The molecule has 0 radical (unpaired) electrons. The Hall–Kier alpha value is -2.56. The maximum atomic E-state index is 13.4. The van der Waals surface area contributed by atoms with E-state index in [1.54, 1.807) is 4.57 Å². The van der Waals surface area contributed by atoms with Crippen LogP contribution in [-0.4, -0.2) is 9.55 Å². The molecule has 4 aromatic rings. The molecule has 0 aliphatic carbocycles. The molecule has 3 nitrogen and oxygen atoms in total. The maximum Gasteiger partial charge on any atom is 0.266 e. The van der Waals surface area contributed by atoms with E-state index in [4.69, 9.17) is 16.6 Å². The first kappa shape index (κ1) is 19.7. The van der Waals surface area contributed by atoms with Crippen LogP contribution in [-0.2, 0) is 0 Å². The fourth-order valence-electron chi connectivity index (χ4n) is 3.31. The number of benzene rings is 3. The molecule has 4 rings (SSSR count). The van der Waals surface area contributed by atoms with Crippen LogP contribution in [0.3, 0.4) is 0 Å². The summed E-state index contributed by atoms with van der Waals surface area (Å²) in [4.78, 5) is 18.3. The van der Waals surface area contributed by atoms with Crippen LogP contribution in [0.5, 0.6) is 0 Å². The lowest BCUT2D eigenvalue weighted by Gasteiger charge is -2.18. The molecule has 3 aromatic carbocycles. The molecule has 0 bridgehead atoms. The Morgan fingerprint density at radius 3 is 2.45 bits per heavy atom. The largest absolute Gasteiger partial charge is 0.268 e. The molecule has 1 heterocycles. The van der Waals surface area contributed by atoms with Crippen LogP contribution in [0.2, 0.25) is 5.02 Å². The summed E-state index contributed by atoms with van der Waals surface area (Å²) in [6, 6.07) is 21.3. The van der Waals surface area contributed by atoms with Crippen molar-refractivity contribution in [3.8, 4) is 5.69 Å². The van der Waals surface area contributed by atoms with Crippen LogP contribution in [0.1, 0.15) is 28.9 Å². The Morgan fingerprint density at radius 1 is 0.966 bits per heavy atom. The van der Waals surface area contributed by atoms with Gasteiger partial charge >= 0.3 is 0 Å². The Morgan fingerprint density at radius 2 is 1.69 bits per heavy atom. The van der Waals surface area contributed by atoms with Crippen molar-refractivity contribution < 1.29 is 0 Å².